The summed E-state index contributed by atoms with van der Waals surface area (Å²) in [4.78, 5) is 26.1. The van der Waals surface area contributed by atoms with Crippen LogP contribution in [0.4, 0.5) is 4.39 Å². The van der Waals surface area contributed by atoms with Gasteiger partial charge in [0.2, 0.25) is 0 Å². The number of hydrogen-bond acceptors (Lipinski definition) is 5. The first kappa shape index (κ1) is 22.1. The van der Waals surface area contributed by atoms with E-state index in [1.807, 2.05) is 29.2 Å². The second kappa shape index (κ2) is 8.68. The van der Waals surface area contributed by atoms with Crippen molar-refractivity contribution in [2.45, 2.75) is 25.3 Å². The maximum Gasteiger partial charge on any atom is 0.256 e. The normalized spacial score (nSPS) is 17.5. The molecule has 3 heterocycles. The maximum atomic E-state index is 14.6. The molecule has 0 spiro atoms. The standard InChI is InChI=1S/C26H23ClFN3O4/c27-18-1-4-24(21(7-18)17-9-29-31(12-17)19-2-3-19)34-13-15-10-30(11-15)26(33)22-6-16-5-20(32)14-35-25(16)8-23(22)28/h1,4,6-9,12,15,19H,2-3,5,10-11,13-14H2. The SMILES string of the molecule is O=C1COc2cc(F)c(C(=O)N3CC(COc4ccc(Cl)cc4-c4cnn(C5CC5)c4)C3)cc2C1. The number of benzene rings is 2. The Kier molecular flexibility index (Phi) is 5.48. The van der Waals surface area contributed by atoms with Crippen LogP contribution in [0.3, 0.4) is 0 Å². The fourth-order valence-corrected chi connectivity index (χ4v) is 4.72. The molecule has 0 unspecified atom stereocenters. The van der Waals surface area contributed by atoms with Crippen LogP contribution in [0.2, 0.25) is 5.02 Å². The van der Waals surface area contributed by atoms with Crippen LogP contribution in [-0.2, 0) is 11.2 Å². The molecule has 1 aromatic heterocycles. The minimum atomic E-state index is -0.639. The predicted molar refractivity (Wildman–Crippen MR) is 126 cm³/mol. The highest BCUT2D eigenvalue weighted by molar-refractivity contribution is 6.31. The zero-order valence-electron chi connectivity index (χ0n) is 18.9. The number of rotatable bonds is 6. The summed E-state index contributed by atoms with van der Waals surface area (Å²) in [5.41, 5.74) is 2.34. The van der Waals surface area contributed by atoms with Gasteiger partial charge in [0, 0.05) is 59.4 Å². The van der Waals surface area contributed by atoms with Crippen molar-refractivity contribution in [2.75, 3.05) is 26.3 Å². The topological polar surface area (TPSA) is 73.7 Å². The lowest BCUT2D eigenvalue weighted by molar-refractivity contribution is -0.121. The molecule has 1 saturated carbocycles. The van der Waals surface area contributed by atoms with E-state index in [4.69, 9.17) is 21.1 Å². The fourth-order valence-electron chi connectivity index (χ4n) is 4.55. The molecule has 2 fully saturated rings. The zero-order chi connectivity index (χ0) is 24.1. The van der Waals surface area contributed by atoms with Crippen molar-refractivity contribution >= 4 is 23.3 Å². The van der Waals surface area contributed by atoms with Crippen molar-refractivity contribution in [3.8, 4) is 22.6 Å². The Morgan fingerprint density at radius 2 is 2.06 bits per heavy atom. The molecule has 1 amide bonds. The van der Waals surface area contributed by atoms with E-state index in [0.717, 1.165) is 24.0 Å². The summed E-state index contributed by atoms with van der Waals surface area (Å²) >= 11 is 6.24. The van der Waals surface area contributed by atoms with E-state index in [2.05, 4.69) is 5.10 Å². The quantitative estimate of drug-likeness (QED) is 0.509. The van der Waals surface area contributed by atoms with Crippen LogP contribution in [0.25, 0.3) is 11.1 Å². The molecule has 3 aromatic rings. The molecule has 1 aliphatic carbocycles. The van der Waals surface area contributed by atoms with Crippen LogP contribution in [0, 0.1) is 11.7 Å². The monoisotopic (exact) mass is 495 g/mol. The van der Waals surface area contributed by atoms with Crippen LogP contribution < -0.4 is 9.47 Å². The van der Waals surface area contributed by atoms with Gasteiger partial charge in [-0.1, -0.05) is 11.6 Å². The first-order valence-electron chi connectivity index (χ1n) is 11.7. The van der Waals surface area contributed by atoms with Crippen molar-refractivity contribution in [1.82, 2.24) is 14.7 Å². The third kappa shape index (κ3) is 4.38. The highest BCUT2D eigenvalue weighted by atomic mass is 35.5. The van der Waals surface area contributed by atoms with Crippen molar-refractivity contribution < 1.29 is 23.5 Å². The van der Waals surface area contributed by atoms with Gasteiger partial charge in [0.05, 0.1) is 24.4 Å². The Bertz CT molecular complexity index is 1330. The number of fused-ring (bicyclic) bond motifs is 1. The molecule has 9 heteroatoms. The first-order chi connectivity index (χ1) is 16.9. The molecule has 180 valence electrons. The average molecular weight is 496 g/mol. The van der Waals surface area contributed by atoms with Gasteiger partial charge in [-0.15, -0.1) is 0 Å². The summed E-state index contributed by atoms with van der Waals surface area (Å²) in [6.45, 7) is 1.29. The van der Waals surface area contributed by atoms with Gasteiger partial charge in [-0.2, -0.15) is 5.10 Å². The number of carbonyl (C=O) groups excluding carboxylic acids is 2. The van der Waals surface area contributed by atoms with Gasteiger partial charge < -0.3 is 14.4 Å². The molecule has 2 aliphatic heterocycles. The molecule has 0 bridgehead atoms. The molecule has 1 saturated heterocycles. The highest BCUT2D eigenvalue weighted by Crippen LogP contribution is 2.38. The predicted octanol–water partition coefficient (Wildman–Crippen LogP) is 4.33. The summed E-state index contributed by atoms with van der Waals surface area (Å²) < 4.78 is 27.9. The Morgan fingerprint density at radius 3 is 2.86 bits per heavy atom. The summed E-state index contributed by atoms with van der Waals surface area (Å²) in [7, 11) is 0. The first-order valence-corrected chi connectivity index (χ1v) is 12.1. The summed E-state index contributed by atoms with van der Waals surface area (Å²) in [6, 6.07) is 8.63. The van der Waals surface area contributed by atoms with Crippen molar-refractivity contribution in [1.29, 1.82) is 0 Å². The third-order valence-electron chi connectivity index (χ3n) is 6.65. The Balaban J connectivity index is 1.10. The van der Waals surface area contributed by atoms with E-state index in [9.17, 15) is 14.0 Å². The number of amides is 1. The highest BCUT2D eigenvalue weighted by Gasteiger charge is 2.34. The van der Waals surface area contributed by atoms with Gasteiger partial charge in [0.1, 0.15) is 23.9 Å². The number of ketones is 1. The Morgan fingerprint density at radius 1 is 1.23 bits per heavy atom. The number of hydrogen-bond donors (Lipinski definition) is 0. The molecular weight excluding hydrogens is 473 g/mol. The Labute approximate surface area is 206 Å². The molecule has 6 rings (SSSR count). The molecule has 3 aliphatic rings. The maximum absolute atomic E-state index is 14.6. The van der Waals surface area contributed by atoms with Gasteiger partial charge in [0.15, 0.2) is 5.78 Å². The molecular formula is C26H23ClFN3O4. The van der Waals surface area contributed by atoms with Crippen LogP contribution in [0.5, 0.6) is 11.5 Å². The van der Waals surface area contributed by atoms with E-state index < -0.39 is 5.82 Å². The van der Waals surface area contributed by atoms with Crippen LogP contribution in [0.1, 0.15) is 34.8 Å². The lowest BCUT2D eigenvalue weighted by Crippen LogP contribution is -2.52. The van der Waals surface area contributed by atoms with Crippen LogP contribution in [0.15, 0.2) is 42.7 Å². The van der Waals surface area contributed by atoms with Gasteiger partial charge in [0.25, 0.3) is 5.91 Å². The largest absolute Gasteiger partial charge is 0.493 e. The number of nitrogens with zero attached hydrogens (tertiary/aromatic N) is 3. The van der Waals surface area contributed by atoms with Crippen molar-refractivity contribution in [2.24, 2.45) is 5.92 Å². The lowest BCUT2D eigenvalue weighted by Gasteiger charge is -2.39. The third-order valence-corrected chi connectivity index (χ3v) is 6.89. The van der Waals surface area contributed by atoms with Crippen molar-refractivity contribution in [3.63, 3.8) is 0 Å². The zero-order valence-corrected chi connectivity index (χ0v) is 19.6. The van der Waals surface area contributed by atoms with Gasteiger partial charge >= 0.3 is 0 Å². The van der Waals surface area contributed by atoms with Crippen LogP contribution in [-0.4, -0.2) is 52.7 Å². The summed E-state index contributed by atoms with van der Waals surface area (Å²) in [5.74, 6) is 0.0434. The minimum Gasteiger partial charge on any atom is -0.493 e. The van der Waals surface area contributed by atoms with Gasteiger partial charge in [-0.25, -0.2) is 4.39 Å². The number of aromatic nitrogens is 2. The molecule has 0 N–H and O–H groups in total. The van der Waals surface area contributed by atoms with E-state index in [-0.39, 0.29) is 36.2 Å². The molecule has 0 atom stereocenters. The summed E-state index contributed by atoms with van der Waals surface area (Å²) in [6.07, 6.45) is 6.30. The second-order valence-electron chi connectivity index (χ2n) is 9.41. The summed E-state index contributed by atoms with van der Waals surface area (Å²) in [5, 5.41) is 5.08. The second-order valence-corrected chi connectivity index (χ2v) is 9.85. The number of carbonyl (C=O) groups is 2. The van der Waals surface area contributed by atoms with E-state index in [1.54, 1.807) is 11.0 Å². The average Bonchev–Trinajstić information content (AvgIpc) is 3.55. The van der Waals surface area contributed by atoms with E-state index >= 15 is 0 Å². The van der Waals surface area contributed by atoms with E-state index in [0.29, 0.717) is 47.8 Å². The number of Topliss-reactive ketones (excluding diaryl/α,β-unsaturated/α-hetero) is 1. The number of likely N-dealkylation sites (tertiary alicyclic amines) is 1. The van der Waals surface area contributed by atoms with Gasteiger partial charge in [-0.05, 0) is 37.1 Å². The molecule has 2 aromatic carbocycles. The minimum absolute atomic E-state index is 0.0333. The Hall–Kier alpha value is -3.39. The van der Waals surface area contributed by atoms with E-state index in [1.165, 1.54) is 12.1 Å². The number of halogens is 2. The lowest BCUT2D eigenvalue weighted by atomic mass is 9.97. The molecule has 35 heavy (non-hydrogen) atoms. The number of ether oxygens (including phenoxy) is 2. The van der Waals surface area contributed by atoms with Crippen LogP contribution >= 0.6 is 11.6 Å². The van der Waals surface area contributed by atoms with Gasteiger partial charge in [-0.3, -0.25) is 14.3 Å². The smallest absolute Gasteiger partial charge is 0.256 e. The van der Waals surface area contributed by atoms with Crippen molar-refractivity contribution in [3.05, 3.63) is 64.7 Å². The molecule has 0 radical (unpaired) electrons. The fraction of sp³-hybridized carbons (Fsp3) is 0.346. The molecule has 7 nitrogen and oxygen atoms in total.